The van der Waals surface area contributed by atoms with Crippen LogP contribution in [0.3, 0.4) is 0 Å². The van der Waals surface area contributed by atoms with Gasteiger partial charge in [-0.05, 0) is 25.8 Å². The van der Waals surface area contributed by atoms with E-state index >= 15 is 0 Å². The van der Waals surface area contributed by atoms with Crippen molar-refractivity contribution in [3.8, 4) is 0 Å². The highest BCUT2D eigenvalue weighted by atomic mass is 16.3. The number of likely N-dealkylation sites (tertiary alicyclic amines) is 1. The molecule has 24 heavy (non-hydrogen) atoms. The predicted molar refractivity (Wildman–Crippen MR) is 87.6 cm³/mol. The summed E-state index contributed by atoms with van der Waals surface area (Å²) in [4.78, 5) is 14.4. The van der Waals surface area contributed by atoms with E-state index in [2.05, 4.69) is 10.3 Å². The first-order valence-corrected chi connectivity index (χ1v) is 8.33. The summed E-state index contributed by atoms with van der Waals surface area (Å²) < 4.78 is 7.11. The minimum Gasteiger partial charge on any atom is -0.459 e. The van der Waals surface area contributed by atoms with Gasteiger partial charge in [-0.3, -0.25) is 4.79 Å². The molecule has 0 spiro atoms. The normalized spacial score (nSPS) is 21.2. The summed E-state index contributed by atoms with van der Waals surface area (Å²) in [6, 6.07) is 2.00. The van der Waals surface area contributed by atoms with Gasteiger partial charge >= 0.3 is 0 Å². The van der Waals surface area contributed by atoms with Crippen molar-refractivity contribution in [2.24, 2.45) is 0 Å². The zero-order chi connectivity index (χ0) is 17.5. The second-order valence-electron chi connectivity index (χ2n) is 7.05. The molecule has 1 N–H and O–H groups in total. The molecular weight excluding hydrogens is 308 g/mol. The first kappa shape index (κ1) is 16.7. The second kappa shape index (κ2) is 6.05. The molecule has 0 radical (unpaired) electrons. The van der Waals surface area contributed by atoms with Crippen LogP contribution in [0.4, 0.5) is 0 Å². The lowest BCUT2D eigenvalue weighted by molar-refractivity contribution is 0.0372. The van der Waals surface area contributed by atoms with Crippen LogP contribution in [0.2, 0.25) is 0 Å². The van der Waals surface area contributed by atoms with Crippen molar-refractivity contribution in [2.75, 3.05) is 13.1 Å². The molecule has 7 nitrogen and oxygen atoms in total. The number of aliphatic hydroxyl groups is 1. The largest absolute Gasteiger partial charge is 0.459 e. The monoisotopic (exact) mass is 332 g/mol. The third kappa shape index (κ3) is 2.84. The van der Waals surface area contributed by atoms with Crippen LogP contribution in [0.25, 0.3) is 0 Å². The van der Waals surface area contributed by atoms with Crippen molar-refractivity contribution in [2.45, 2.75) is 51.7 Å². The van der Waals surface area contributed by atoms with Crippen molar-refractivity contribution in [3.63, 3.8) is 0 Å². The van der Waals surface area contributed by atoms with Gasteiger partial charge in [0.15, 0.2) is 5.76 Å². The van der Waals surface area contributed by atoms with Crippen LogP contribution in [0.1, 0.15) is 67.9 Å². The van der Waals surface area contributed by atoms with Crippen molar-refractivity contribution >= 4 is 5.91 Å². The van der Waals surface area contributed by atoms with E-state index in [9.17, 15) is 9.90 Å². The Balaban J connectivity index is 1.78. The fourth-order valence-electron chi connectivity index (χ4n) is 3.01. The maximum atomic E-state index is 12.7. The first-order chi connectivity index (χ1) is 11.3. The summed E-state index contributed by atoms with van der Waals surface area (Å²) in [5.74, 6) is 0.381. The van der Waals surface area contributed by atoms with Crippen molar-refractivity contribution in [1.82, 2.24) is 19.9 Å². The summed E-state index contributed by atoms with van der Waals surface area (Å²) in [7, 11) is 0. The highest BCUT2D eigenvalue weighted by molar-refractivity contribution is 5.93. The van der Waals surface area contributed by atoms with E-state index in [1.54, 1.807) is 22.0 Å². The van der Waals surface area contributed by atoms with Gasteiger partial charge in [0.2, 0.25) is 0 Å². The van der Waals surface area contributed by atoms with Gasteiger partial charge in [-0.15, -0.1) is 5.10 Å². The van der Waals surface area contributed by atoms with E-state index in [1.807, 2.05) is 33.8 Å². The number of hydrogen-bond acceptors (Lipinski definition) is 5. The zero-order valence-electron chi connectivity index (χ0n) is 14.6. The van der Waals surface area contributed by atoms with Gasteiger partial charge in [-0.25, -0.2) is 4.68 Å². The Bertz CT molecular complexity index is 734. The van der Waals surface area contributed by atoms with E-state index in [-0.39, 0.29) is 24.4 Å². The minimum absolute atomic E-state index is 0.172. The fraction of sp³-hybridized carbons (Fsp3) is 0.588. The number of furan rings is 1. The average Bonchev–Trinajstić information content (AvgIpc) is 3.25. The molecule has 1 aliphatic heterocycles. The van der Waals surface area contributed by atoms with Crippen LogP contribution < -0.4 is 0 Å². The highest BCUT2D eigenvalue weighted by Crippen LogP contribution is 2.32. The Labute approximate surface area is 141 Å². The molecule has 2 aromatic rings. The summed E-state index contributed by atoms with van der Waals surface area (Å²) in [5, 5.41) is 19.1. The van der Waals surface area contributed by atoms with Gasteiger partial charge in [0, 0.05) is 24.6 Å². The number of carbonyl (C=O) groups excluding carboxylic acids is 1. The quantitative estimate of drug-likeness (QED) is 0.929. The van der Waals surface area contributed by atoms with Crippen LogP contribution in [-0.4, -0.2) is 44.0 Å². The molecule has 3 heterocycles. The van der Waals surface area contributed by atoms with E-state index < -0.39 is 5.60 Å². The first-order valence-electron chi connectivity index (χ1n) is 8.33. The maximum absolute atomic E-state index is 12.7. The lowest BCUT2D eigenvalue weighted by Crippen LogP contribution is -2.35. The Morgan fingerprint density at radius 3 is 2.75 bits per heavy atom. The second-order valence-corrected chi connectivity index (χ2v) is 7.05. The molecule has 0 saturated carbocycles. The molecule has 1 saturated heterocycles. The molecule has 0 aromatic carbocycles. The summed E-state index contributed by atoms with van der Waals surface area (Å²) >= 11 is 0. The van der Waals surface area contributed by atoms with Crippen molar-refractivity contribution < 1.29 is 14.3 Å². The summed E-state index contributed by atoms with van der Waals surface area (Å²) in [6.07, 6.45) is 3.73. The van der Waals surface area contributed by atoms with Gasteiger partial charge < -0.3 is 14.4 Å². The number of hydrogen-bond donors (Lipinski definition) is 1. The third-order valence-corrected chi connectivity index (χ3v) is 4.56. The van der Waals surface area contributed by atoms with E-state index in [1.165, 1.54) is 0 Å². The molecule has 0 bridgehead atoms. The Morgan fingerprint density at radius 2 is 2.12 bits per heavy atom. The SMILES string of the molecule is CC(C)c1ccoc1C(=O)N1CC[C@@](O)(c2cn(C(C)C)nn2)C1. The third-order valence-electron chi connectivity index (χ3n) is 4.56. The zero-order valence-corrected chi connectivity index (χ0v) is 14.6. The fourth-order valence-corrected chi connectivity index (χ4v) is 3.01. The number of rotatable bonds is 4. The topological polar surface area (TPSA) is 84.4 Å². The maximum Gasteiger partial charge on any atom is 0.289 e. The average molecular weight is 332 g/mol. The van der Waals surface area contributed by atoms with Crippen LogP contribution >= 0.6 is 0 Å². The van der Waals surface area contributed by atoms with Crippen LogP contribution in [0.5, 0.6) is 0 Å². The smallest absolute Gasteiger partial charge is 0.289 e. The molecule has 0 aliphatic carbocycles. The predicted octanol–water partition coefficient (Wildman–Crippen LogP) is 2.31. The Morgan fingerprint density at radius 1 is 1.38 bits per heavy atom. The number of nitrogens with zero attached hydrogens (tertiary/aromatic N) is 4. The highest BCUT2D eigenvalue weighted by Gasteiger charge is 2.43. The number of amides is 1. The Kier molecular flexibility index (Phi) is 4.21. The minimum atomic E-state index is -1.16. The van der Waals surface area contributed by atoms with Gasteiger partial charge in [-0.1, -0.05) is 19.1 Å². The molecular formula is C17H24N4O3. The molecule has 2 aromatic heterocycles. The number of carbonyl (C=O) groups is 1. The van der Waals surface area contributed by atoms with Gasteiger partial charge in [-0.2, -0.15) is 0 Å². The molecule has 130 valence electrons. The van der Waals surface area contributed by atoms with Crippen molar-refractivity contribution in [3.05, 3.63) is 35.5 Å². The Hall–Kier alpha value is -2.15. The molecule has 1 atom stereocenters. The molecule has 1 aliphatic rings. The van der Waals surface area contributed by atoms with Gasteiger partial charge in [0.25, 0.3) is 5.91 Å². The molecule has 1 amide bonds. The van der Waals surface area contributed by atoms with Gasteiger partial charge in [0.05, 0.1) is 19.0 Å². The number of β-amino-alcohol motifs (C(OH)–C–C–N with tert-alkyl or cyclic N) is 1. The van der Waals surface area contributed by atoms with Crippen LogP contribution in [0, 0.1) is 0 Å². The van der Waals surface area contributed by atoms with E-state index in [0.29, 0.717) is 24.4 Å². The molecule has 1 fully saturated rings. The van der Waals surface area contributed by atoms with E-state index in [0.717, 1.165) is 5.56 Å². The molecule has 7 heteroatoms. The molecule has 0 unspecified atom stereocenters. The van der Waals surface area contributed by atoms with Crippen LogP contribution in [0.15, 0.2) is 22.9 Å². The summed E-state index contributed by atoms with van der Waals surface area (Å²) in [6.45, 7) is 8.69. The molecule has 3 rings (SSSR count). The van der Waals surface area contributed by atoms with Crippen LogP contribution in [-0.2, 0) is 5.60 Å². The van der Waals surface area contributed by atoms with E-state index in [4.69, 9.17) is 4.42 Å². The number of aromatic nitrogens is 3. The lowest BCUT2D eigenvalue weighted by Gasteiger charge is -2.21. The lowest BCUT2D eigenvalue weighted by atomic mass is 10.00. The summed E-state index contributed by atoms with van der Waals surface area (Å²) in [5.41, 5.74) is 0.240. The van der Waals surface area contributed by atoms with Gasteiger partial charge in [0.1, 0.15) is 11.3 Å². The standard InChI is InChI=1S/C17H24N4O3/c1-11(2)13-5-8-24-15(13)16(22)20-7-6-17(23,10-20)14-9-21(12(3)4)19-18-14/h5,8-9,11-12,23H,6-7,10H2,1-4H3/t17-/m0/s1. The van der Waals surface area contributed by atoms with Crippen molar-refractivity contribution in [1.29, 1.82) is 0 Å².